The second kappa shape index (κ2) is 11.4. The number of anilines is 2. The van der Waals surface area contributed by atoms with Crippen molar-refractivity contribution in [2.24, 2.45) is 0 Å². The van der Waals surface area contributed by atoms with Crippen molar-refractivity contribution in [1.29, 1.82) is 0 Å². The summed E-state index contributed by atoms with van der Waals surface area (Å²) in [6, 6.07) is 11.2. The van der Waals surface area contributed by atoms with Crippen molar-refractivity contribution in [3.8, 4) is 5.75 Å². The van der Waals surface area contributed by atoms with Gasteiger partial charge < -0.3 is 14.4 Å². The van der Waals surface area contributed by atoms with Crippen LogP contribution in [0, 0.1) is 0 Å². The first-order valence-corrected chi connectivity index (χ1v) is 11.6. The van der Waals surface area contributed by atoms with Gasteiger partial charge in [0, 0.05) is 57.6 Å². The van der Waals surface area contributed by atoms with Crippen LogP contribution in [-0.2, 0) is 4.74 Å². The van der Waals surface area contributed by atoms with E-state index in [1.54, 1.807) is 17.0 Å². The number of alkyl halides is 3. The molecule has 0 unspecified atom stereocenters. The van der Waals surface area contributed by atoms with Crippen LogP contribution in [0.15, 0.2) is 42.5 Å². The molecule has 1 saturated heterocycles. The molecule has 190 valence electrons. The predicted molar refractivity (Wildman–Crippen MR) is 133 cm³/mol. The van der Waals surface area contributed by atoms with Gasteiger partial charge >= 0.3 is 6.36 Å². The van der Waals surface area contributed by atoms with Crippen LogP contribution >= 0.6 is 23.7 Å². The van der Waals surface area contributed by atoms with Crippen LogP contribution in [0.5, 0.6) is 5.75 Å². The number of hydrogen-bond donors (Lipinski definition) is 0. The van der Waals surface area contributed by atoms with Gasteiger partial charge in [0.2, 0.25) is 0 Å². The number of hydrogen-bond acceptors (Lipinski definition) is 7. The van der Waals surface area contributed by atoms with Crippen molar-refractivity contribution in [2.45, 2.75) is 6.36 Å². The molecule has 1 aromatic heterocycles. The minimum atomic E-state index is -4.78. The van der Waals surface area contributed by atoms with Crippen molar-refractivity contribution >= 4 is 50.7 Å². The summed E-state index contributed by atoms with van der Waals surface area (Å²) in [6.07, 6.45) is -4.78. The Kier molecular flexibility index (Phi) is 8.81. The van der Waals surface area contributed by atoms with Crippen LogP contribution in [0.2, 0.25) is 0 Å². The Morgan fingerprint density at radius 1 is 1.14 bits per heavy atom. The molecule has 1 aliphatic rings. The Bertz CT molecular complexity index is 1140. The monoisotopic (exact) mass is 530 g/mol. The highest BCUT2D eigenvalue weighted by molar-refractivity contribution is 7.22. The van der Waals surface area contributed by atoms with Crippen LogP contribution < -0.4 is 14.5 Å². The van der Waals surface area contributed by atoms with Crippen LogP contribution in [0.1, 0.15) is 10.4 Å². The highest BCUT2D eigenvalue weighted by atomic mass is 35.5. The van der Waals surface area contributed by atoms with Crippen molar-refractivity contribution in [3.63, 3.8) is 0 Å². The van der Waals surface area contributed by atoms with E-state index < -0.39 is 6.36 Å². The average molecular weight is 531 g/mol. The number of amides is 1. The van der Waals surface area contributed by atoms with E-state index in [1.807, 2.05) is 31.1 Å². The van der Waals surface area contributed by atoms with Crippen molar-refractivity contribution in [2.75, 3.05) is 63.3 Å². The Morgan fingerprint density at radius 3 is 2.46 bits per heavy atom. The number of benzene rings is 2. The quantitative estimate of drug-likeness (QED) is 0.443. The maximum atomic E-state index is 13.5. The average Bonchev–Trinajstić information content (AvgIpc) is 3.21. The summed E-state index contributed by atoms with van der Waals surface area (Å²) in [4.78, 5) is 23.8. The second-order valence-electron chi connectivity index (χ2n) is 8.03. The molecule has 12 heteroatoms. The Balaban J connectivity index is 0.00000342. The number of halogens is 4. The molecule has 3 aromatic rings. The number of carbonyl (C=O) groups excluding carboxylic acids is 1. The fraction of sp³-hybridized carbons (Fsp3) is 0.391. The third-order valence-corrected chi connectivity index (χ3v) is 6.47. The molecule has 0 saturated carbocycles. The van der Waals surface area contributed by atoms with Crippen LogP contribution in [0.3, 0.4) is 0 Å². The normalized spacial score (nSPS) is 14.4. The topological polar surface area (TPSA) is 58.1 Å². The number of thiazole rings is 1. The number of nitrogens with zero attached hydrogens (tertiary/aromatic N) is 4. The zero-order valence-electron chi connectivity index (χ0n) is 19.2. The number of aromatic nitrogens is 1. The molecule has 35 heavy (non-hydrogen) atoms. The Morgan fingerprint density at radius 2 is 1.83 bits per heavy atom. The van der Waals surface area contributed by atoms with Gasteiger partial charge in [-0.1, -0.05) is 11.3 Å². The molecular weight excluding hydrogens is 505 g/mol. The molecule has 0 spiro atoms. The summed E-state index contributed by atoms with van der Waals surface area (Å²) in [6.45, 7) is 3.85. The molecule has 0 atom stereocenters. The SMILES string of the molecule is CN(C)c1ccc(C(=O)N(CCN2CCOCC2)c2nc3ccc(OC(F)(F)F)cc3s2)cc1.Cl. The van der Waals surface area contributed by atoms with Crippen molar-refractivity contribution < 1.29 is 27.4 Å². The molecule has 1 amide bonds. The zero-order valence-corrected chi connectivity index (χ0v) is 20.9. The van der Waals surface area contributed by atoms with Gasteiger partial charge in [0.05, 0.1) is 23.4 Å². The highest BCUT2D eigenvalue weighted by Gasteiger charge is 2.31. The first-order valence-electron chi connectivity index (χ1n) is 10.8. The summed E-state index contributed by atoms with van der Waals surface area (Å²) < 4.78 is 47.8. The first kappa shape index (κ1) is 27.0. The third-order valence-electron chi connectivity index (χ3n) is 5.43. The van der Waals surface area contributed by atoms with Gasteiger partial charge in [-0.05, 0) is 36.4 Å². The van der Waals surface area contributed by atoms with Crippen LogP contribution in [0.25, 0.3) is 10.2 Å². The van der Waals surface area contributed by atoms with Gasteiger partial charge in [0.1, 0.15) is 5.75 Å². The second-order valence-corrected chi connectivity index (χ2v) is 9.03. The first-order chi connectivity index (χ1) is 16.2. The molecule has 2 heterocycles. The molecule has 1 fully saturated rings. The molecule has 0 bridgehead atoms. The van der Waals surface area contributed by atoms with E-state index in [4.69, 9.17) is 4.74 Å². The van der Waals surface area contributed by atoms with E-state index >= 15 is 0 Å². The Labute approximate surface area is 211 Å². The number of fused-ring (bicyclic) bond motifs is 1. The lowest BCUT2D eigenvalue weighted by atomic mass is 10.1. The molecule has 1 aliphatic heterocycles. The minimum Gasteiger partial charge on any atom is -0.406 e. The third kappa shape index (κ3) is 6.97. The van der Waals surface area contributed by atoms with E-state index in [9.17, 15) is 18.0 Å². The van der Waals surface area contributed by atoms with Gasteiger partial charge in [-0.2, -0.15) is 0 Å². The number of rotatable bonds is 7. The number of morpholine rings is 1. The summed E-state index contributed by atoms with van der Waals surface area (Å²) in [7, 11) is 3.84. The van der Waals surface area contributed by atoms with Gasteiger partial charge in [0.25, 0.3) is 5.91 Å². The van der Waals surface area contributed by atoms with Gasteiger partial charge in [-0.25, -0.2) is 4.98 Å². The summed E-state index contributed by atoms with van der Waals surface area (Å²) in [5.41, 5.74) is 1.98. The standard InChI is InChI=1S/C23H25F3N4O3S.ClH/c1-28(2)17-5-3-16(4-6-17)21(31)30(10-9-29-11-13-32-14-12-29)22-27-19-8-7-18(15-20(19)34-22)33-23(24,25)26;/h3-8,15H,9-14H2,1-2H3;1H. The van der Waals surface area contributed by atoms with E-state index in [1.165, 1.54) is 18.2 Å². The van der Waals surface area contributed by atoms with Crippen LogP contribution in [0.4, 0.5) is 24.0 Å². The number of ether oxygens (including phenoxy) is 2. The van der Waals surface area contributed by atoms with Gasteiger partial charge in [-0.3, -0.25) is 14.6 Å². The lowest BCUT2D eigenvalue weighted by Crippen LogP contribution is -2.43. The number of carbonyl (C=O) groups is 1. The van der Waals surface area contributed by atoms with Gasteiger partial charge in [0.15, 0.2) is 5.13 Å². The molecular formula is C23H26ClF3N4O3S. The molecule has 0 aliphatic carbocycles. The highest BCUT2D eigenvalue weighted by Crippen LogP contribution is 2.34. The molecule has 4 rings (SSSR count). The smallest absolute Gasteiger partial charge is 0.406 e. The van der Waals surface area contributed by atoms with E-state index in [0.29, 0.717) is 47.2 Å². The van der Waals surface area contributed by atoms with E-state index in [0.717, 1.165) is 30.1 Å². The summed E-state index contributed by atoms with van der Waals surface area (Å²) >= 11 is 1.16. The molecule has 0 radical (unpaired) electrons. The Hall–Kier alpha value is -2.60. The lowest BCUT2D eigenvalue weighted by molar-refractivity contribution is -0.274. The summed E-state index contributed by atoms with van der Waals surface area (Å²) in [5.74, 6) is -0.537. The van der Waals surface area contributed by atoms with E-state index in [-0.39, 0.29) is 24.1 Å². The maximum absolute atomic E-state index is 13.5. The molecule has 0 N–H and O–H groups in total. The molecule has 2 aromatic carbocycles. The van der Waals surface area contributed by atoms with E-state index in [2.05, 4.69) is 14.6 Å². The largest absolute Gasteiger partial charge is 0.573 e. The lowest BCUT2D eigenvalue weighted by Gasteiger charge is -2.29. The summed E-state index contributed by atoms with van der Waals surface area (Å²) in [5, 5.41) is 0.425. The maximum Gasteiger partial charge on any atom is 0.573 e. The van der Waals surface area contributed by atoms with Gasteiger partial charge in [-0.15, -0.1) is 25.6 Å². The molecule has 7 nitrogen and oxygen atoms in total. The predicted octanol–water partition coefficient (Wildman–Crippen LogP) is 4.66. The zero-order chi connectivity index (χ0) is 24.3. The fourth-order valence-electron chi connectivity index (χ4n) is 3.61. The fourth-order valence-corrected chi connectivity index (χ4v) is 4.63. The van der Waals surface area contributed by atoms with Crippen LogP contribution in [-0.4, -0.2) is 75.6 Å². The van der Waals surface area contributed by atoms with Crippen molar-refractivity contribution in [1.82, 2.24) is 9.88 Å². The van der Waals surface area contributed by atoms with Crippen molar-refractivity contribution in [3.05, 3.63) is 48.0 Å². The minimum absolute atomic E-state index is 0.